The number of nitrogens with zero attached hydrogens (tertiary/aromatic N) is 3. The van der Waals surface area contributed by atoms with Crippen LogP contribution in [-0.2, 0) is 0 Å². The number of aromatic nitrogens is 3. The van der Waals surface area contributed by atoms with Gasteiger partial charge in [0.2, 0.25) is 0 Å². The van der Waals surface area contributed by atoms with Crippen molar-refractivity contribution in [2.45, 2.75) is 0 Å². The highest BCUT2D eigenvalue weighted by molar-refractivity contribution is 5.95. The van der Waals surface area contributed by atoms with E-state index in [1.165, 1.54) is 0 Å². The molecule has 0 saturated carbocycles. The van der Waals surface area contributed by atoms with Gasteiger partial charge < -0.3 is 10.2 Å². The molecule has 0 aliphatic heterocycles. The first kappa shape index (κ1) is 7.11. The minimum atomic E-state index is 0.250. The second-order valence-corrected chi connectivity index (χ2v) is 1.97. The van der Waals surface area contributed by atoms with Crippen LogP contribution in [0.1, 0.15) is 0 Å². The van der Waals surface area contributed by atoms with E-state index >= 15 is 0 Å². The standard InChI is InChI=1S/C6H5N3O.BH2O/c10-9-6-4-2-1-3-5(6)7-8-9;1-2/h1-4,10H;1-2H/i;1T. The highest BCUT2D eigenvalue weighted by Gasteiger charge is 1.98. The number of para-hydroxylation sites is 1. The zero-order valence-electron chi connectivity index (χ0n) is 7.12. The first-order chi connectivity index (χ1) is 6.29. The summed E-state index contributed by atoms with van der Waals surface area (Å²) < 4.78 is 5.64. The quantitative estimate of drug-likeness (QED) is 0.407. The van der Waals surface area contributed by atoms with Crippen LogP contribution < -0.4 is 0 Å². The average Bonchev–Trinajstić information content (AvgIpc) is 2.50. The van der Waals surface area contributed by atoms with Crippen LogP contribution in [0.5, 0.6) is 0 Å². The van der Waals surface area contributed by atoms with Crippen molar-refractivity contribution in [1.29, 1.82) is 1.34 Å². The lowest BCUT2D eigenvalue weighted by Gasteiger charge is -1.85. The zero-order valence-corrected chi connectivity index (χ0v) is 6.12. The van der Waals surface area contributed by atoms with Crippen molar-refractivity contribution in [1.82, 2.24) is 15.2 Å². The Balaban J connectivity index is 0.000000251. The van der Waals surface area contributed by atoms with Crippen LogP contribution >= 0.6 is 0 Å². The van der Waals surface area contributed by atoms with Crippen LogP contribution in [0.4, 0.5) is 0 Å². The predicted molar refractivity (Wildman–Crippen MR) is 44.1 cm³/mol. The third-order valence-electron chi connectivity index (χ3n) is 1.33. The molecule has 0 bridgehead atoms. The third-order valence-corrected chi connectivity index (χ3v) is 1.33. The predicted octanol–water partition coefficient (Wildman–Crippen LogP) is -0.537. The lowest BCUT2D eigenvalue weighted by Crippen LogP contribution is -1.90. The summed E-state index contributed by atoms with van der Waals surface area (Å²) in [7, 11) is 0.250. The SMILES string of the molecule is On1nnc2ccccc21.[3H][B]O. The van der Waals surface area contributed by atoms with Gasteiger partial charge in [0.05, 0.1) is 0 Å². The Morgan fingerprint density at radius 1 is 1.50 bits per heavy atom. The van der Waals surface area contributed by atoms with E-state index in [1.54, 1.807) is 12.1 Å². The molecule has 2 rings (SSSR count). The van der Waals surface area contributed by atoms with E-state index < -0.39 is 0 Å². The summed E-state index contributed by atoms with van der Waals surface area (Å²) in [6.45, 7) is 0. The van der Waals surface area contributed by atoms with Crippen molar-refractivity contribution in [3.05, 3.63) is 24.3 Å². The average molecular weight is 166 g/mol. The number of fused-ring (bicyclic) bond motifs is 1. The molecule has 0 fully saturated rings. The molecule has 2 N–H and O–H groups in total. The molecule has 2 aromatic rings. The van der Waals surface area contributed by atoms with Gasteiger partial charge in [-0.2, -0.15) is 0 Å². The molecule has 0 atom stereocenters. The fourth-order valence-electron chi connectivity index (χ4n) is 0.857. The lowest BCUT2D eigenvalue weighted by atomic mass is 10.3. The largest absolute Gasteiger partial charge is 0.459 e. The van der Waals surface area contributed by atoms with Gasteiger partial charge in [-0.05, 0) is 17.3 Å². The molecule has 1 heterocycles. The minimum Gasteiger partial charge on any atom is -0.459 e. The maximum atomic E-state index is 8.95. The van der Waals surface area contributed by atoms with Gasteiger partial charge >= 0.3 is 0 Å². The maximum absolute atomic E-state index is 8.95. The zero-order chi connectivity index (χ0) is 9.68. The summed E-state index contributed by atoms with van der Waals surface area (Å²) in [5.74, 6) is 0. The molecule has 0 amide bonds. The van der Waals surface area contributed by atoms with Gasteiger partial charge in [-0.25, -0.2) is 0 Å². The molecule has 1 aromatic carbocycles. The smallest absolute Gasteiger partial charge is 0.266 e. The third kappa shape index (κ3) is 1.38. The Bertz CT molecular complexity index is 381. The molecule has 5 nitrogen and oxygen atoms in total. The van der Waals surface area contributed by atoms with Gasteiger partial charge in [-0.1, -0.05) is 17.0 Å². The molecule has 6 heteroatoms. The van der Waals surface area contributed by atoms with Gasteiger partial charge in [-0.15, -0.1) is 5.10 Å². The molecule has 0 saturated heterocycles. The Labute approximate surface area is 71.0 Å². The summed E-state index contributed by atoms with van der Waals surface area (Å²) in [5, 5.41) is 23.2. The van der Waals surface area contributed by atoms with Crippen molar-refractivity contribution >= 4 is 19.0 Å². The second-order valence-electron chi connectivity index (χ2n) is 1.97. The van der Waals surface area contributed by atoms with E-state index in [0.29, 0.717) is 11.0 Å². The molecule has 1 radical (unpaired) electrons. The molecular weight excluding hydrogens is 157 g/mol. The summed E-state index contributed by atoms with van der Waals surface area (Å²) in [5.41, 5.74) is 1.33. The Morgan fingerprint density at radius 3 is 2.83 bits per heavy atom. The first-order valence-corrected chi connectivity index (χ1v) is 3.13. The molecule has 61 valence electrons. The molecule has 0 aliphatic rings. The highest BCUT2D eigenvalue weighted by Crippen LogP contribution is 2.06. The summed E-state index contributed by atoms with van der Waals surface area (Å²) in [4.78, 5) is 0.759. The van der Waals surface area contributed by atoms with Crippen LogP contribution in [0.25, 0.3) is 11.0 Å². The van der Waals surface area contributed by atoms with Crippen molar-refractivity contribution < 1.29 is 10.2 Å². The minimum absolute atomic E-state index is 0.250. The van der Waals surface area contributed by atoms with Crippen molar-refractivity contribution in [3.63, 3.8) is 0 Å². The van der Waals surface area contributed by atoms with E-state index in [0.717, 1.165) is 4.85 Å². The number of benzene rings is 1. The maximum Gasteiger partial charge on any atom is 0.266 e. The summed E-state index contributed by atoms with van der Waals surface area (Å²) in [6.07, 6.45) is 0. The van der Waals surface area contributed by atoms with Crippen molar-refractivity contribution in [3.8, 4) is 0 Å². The van der Waals surface area contributed by atoms with Crippen LogP contribution in [0.3, 0.4) is 0 Å². The van der Waals surface area contributed by atoms with Gasteiger partial charge in [0.1, 0.15) is 11.0 Å². The number of rotatable bonds is 0. The Hall–Kier alpha value is -1.56. The first-order valence-electron chi connectivity index (χ1n) is 3.71. The Morgan fingerprint density at radius 2 is 2.17 bits per heavy atom. The van der Waals surface area contributed by atoms with Crippen molar-refractivity contribution in [2.75, 3.05) is 0 Å². The van der Waals surface area contributed by atoms with Crippen LogP contribution in [-0.4, -0.2) is 34.7 Å². The van der Waals surface area contributed by atoms with Crippen LogP contribution in [0.2, 0.25) is 0 Å². The summed E-state index contributed by atoms with van der Waals surface area (Å²) in [6, 6.07) is 7.19. The monoisotopic (exact) mass is 166 g/mol. The fourth-order valence-corrected chi connectivity index (χ4v) is 0.857. The topological polar surface area (TPSA) is 71.2 Å². The van der Waals surface area contributed by atoms with Gasteiger partial charge in [0, 0.05) is 1.34 Å². The molecule has 1 aromatic heterocycles. The van der Waals surface area contributed by atoms with Crippen molar-refractivity contribution in [2.24, 2.45) is 0 Å². The lowest BCUT2D eigenvalue weighted by molar-refractivity contribution is 0.155. The molecule has 0 aliphatic carbocycles. The second kappa shape index (κ2) is 3.73. The van der Waals surface area contributed by atoms with Crippen LogP contribution in [0.15, 0.2) is 24.3 Å². The van der Waals surface area contributed by atoms with Crippen LogP contribution in [0, 0.1) is 0 Å². The van der Waals surface area contributed by atoms with E-state index in [4.69, 9.17) is 11.6 Å². The summed E-state index contributed by atoms with van der Waals surface area (Å²) >= 11 is 0. The number of hydrogen-bond acceptors (Lipinski definition) is 4. The Kier molecular flexibility index (Phi) is 2.21. The van der Waals surface area contributed by atoms with E-state index in [9.17, 15) is 0 Å². The van der Waals surface area contributed by atoms with Gasteiger partial charge in [0.15, 0.2) is 0 Å². The van der Waals surface area contributed by atoms with E-state index in [-0.39, 0.29) is 8.01 Å². The highest BCUT2D eigenvalue weighted by atomic mass is 16.5. The van der Waals surface area contributed by atoms with E-state index in [1.807, 2.05) is 12.1 Å². The van der Waals surface area contributed by atoms with Gasteiger partial charge in [-0.3, -0.25) is 0 Å². The molecular formula is C6H7BN3O2. The normalized spacial score (nSPS) is 9.92. The molecule has 0 unspecified atom stereocenters. The van der Waals surface area contributed by atoms with E-state index in [2.05, 4.69) is 10.3 Å². The fraction of sp³-hybridized carbons (Fsp3) is 0. The van der Waals surface area contributed by atoms with Gasteiger partial charge in [0.25, 0.3) is 8.01 Å². The molecule has 0 spiro atoms. The molecule has 12 heavy (non-hydrogen) atoms. The number of hydrogen-bond donors (Lipinski definition) is 2.